The number of para-hydroxylation sites is 2. The Hall–Kier alpha value is -5.65. The van der Waals surface area contributed by atoms with E-state index in [1.165, 1.54) is 0 Å². The Bertz CT molecular complexity index is 2320. The molecule has 0 unspecified atom stereocenters. The van der Waals surface area contributed by atoms with E-state index < -0.39 is 5.97 Å². The smallest absolute Gasteiger partial charge is 0.339 e. The topological polar surface area (TPSA) is 115 Å². The zero-order chi connectivity index (χ0) is 35.5. The molecule has 0 radical (unpaired) electrons. The maximum absolute atomic E-state index is 13.3. The van der Waals surface area contributed by atoms with Crippen molar-refractivity contribution in [3.8, 4) is 22.5 Å². The van der Waals surface area contributed by atoms with Crippen LogP contribution in [0.5, 0.6) is 0 Å². The summed E-state index contributed by atoms with van der Waals surface area (Å²) in [5, 5.41) is 17.1. The molecule has 0 bridgehead atoms. The summed E-state index contributed by atoms with van der Waals surface area (Å²) in [4.78, 5) is 28.0. The Morgan fingerprint density at radius 1 is 0.784 bits per heavy atom. The van der Waals surface area contributed by atoms with Crippen molar-refractivity contribution >= 4 is 28.0 Å². The van der Waals surface area contributed by atoms with Gasteiger partial charge in [0.1, 0.15) is 18.3 Å². The highest BCUT2D eigenvalue weighted by molar-refractivity contribution is 5.97. The first-order chi connectivity index (χ1) is 24.8. The number of hydrogen-bond donors (Lipinski definition) is 2. The summed E-state index contributed by atoms with van der Waals surface area (Å²) in [7, 11) is 2.06. The van der Waals surface area contributed by atoms with Crippen LogP contribution in [0.25, 0.3) is 44.6 Å². The third kappa shape index (κ3) is 7.17. The Morgan fingerprint density at radius 2 is 1.47 bits per heavy atom. The second kappa shape index (κ2) is 14.7. The van der Waals surface area contributed by atoms with E-state index in [2.05, 4.69) is 77.3 Å². The molecule has 0 amide bonds. The molecule has 2 heterocycles. The molecular weight excluding hydrogens is 642 g/mol. The van der Waals surface area contributed by atoms with Crippen molar-refractivity contribution in [3.63, 3.8) is 0 Å². The maximum atomic E-state index is 13.3. The van der Waals surface area contributed by atoms with Crippen LogP contribution in [-0.4, -0.2) is 40.9 Å². The van der Waals surface area contributed by atoms with Crippen LogP contribution in [0.3, 0.4) is 0 Å². The molecule has 5 aromatic carbocycles. The third-order valence-electron chi connectivity index (χ3n) is 9.13. The Morgan fingerprint density at radius 3 is 2.20 bits per heavy atom. The van der Waals surface area contributed by atoms with Gasteiger partial charge in [-0.15, -0.1) is 0 Å². The largest absolute Gasteiger partial charge is 0.457 e. The molecule has 0 saturated heterocycles. The molecule has 2 N–H and O–H groups in total. The standard InChI is InChI=1S/C41H39N5O5/c1-4-9-38-43-39-27(2)22-32(40-42-35-12-7-8-13-36(35)44(40)3)23-37(39)45(38)24-28-18-20-31(21-19-28)33-10-5-6-11-34(33)41(47)50-25-29-14-16-30(17-15-29)26-51-46(48)49/h5-8,10-23,48-49H,4,9,24-26H2,1-3H3. The van der Waals surface area contributed by atoms with Crippen molar-refractivity contribution in [1.82, 2.24) is 24.5 Å². The lowest BCUT2D eigenvalue weighted by Crippen LogP contribution is -2.13. The molecular formula is C41H39N5O5. The average Bonchev–Trinajstić information content (AvgIpc) is 3.67. The maximum Gasteiger partial charge on any atom is 0.339 e. The minimum absolute atomic E-state index is 0.0116. The van der Waals surface area contributed by atoms with Crippen molar-refractivity contribution in [2.24, 2.45) is 7.05 Å². The number of fused-ring (bicyclic) bond motifs is 2. The van der Waals surface area contributed by atoms with Gasteiger partial charge in [0.15, 0.2) is 0 Å². The van der Waals surface area contributed by atoms with Crippen LogP contribution < -0.4 is 0 Å². The molecule has 0 fully saturated rings. The highest BCUT2D eigenvalue weighted by Gasteiger charge is 2.18. The Balaban J connectivity index is 1.12. The van der Waals surface area contributed by atoms with Gasteiger partial charge in [0, 0.05) is 25.6 Å². The van der Waals surface area contributed by atoms with Gasteiger partial charge >= 0.3 is 5.97 Å². The summed E-state index contributed by atoms with van der Waals surface area (Å²) < 4.78 is 10.2. The molecule has 0 aliphatic heterocycles. The number of nitrogens with zero attached hydrogens (tertiary/aromatic N) is 5. The molecule has 0 saturated carbocycles. The van der Waals surface area contributed by atoms with Crippen LogP contribution in [-0.2, 0) is 42.8 Å². The molecule has 0 aliphatic rings. The molecule has 0 atom stereocenters. The predicted molar refractivity (Wildman–Crippen MR) is 195 cm³/mol. The van der Waals surface area contributed by atoms with Gasteiger partial charge in [-0.25, -0.2) is 19.6 Å². The lowest BCUT2D eigenvalue weighted by molar-refractivity contribution is -0.497. The first kappa shape index (κ1) is 33.8. The van der Waals surface area contributed by atoms with Crippen LogP contribution in [0, 0.1) is 6.92 Å². The number of carbonyl (C=O) groups excluding carboxylic acids is 1. The van der Waals surface area contributed by atoms with Gasteiger partial charge < -0.3 is 13.9 Å². The van der Waals surface area contributed by atoms with Crippen molar-refractivity contribution in [2.45, 2.75) is 46.4 Å². The first-order valence-corrected chi connectivity index (χ1v) is 16.9. The first-order valence-electron chi connectivity index (χ1n) is 16.9. The minimum Gasteiger partial charge on any atom is -0.457 e. The number of hydrogen-bond acceptors (Lipinski definition) is 8. The molecule has 258 valence electrons. The number of rotatable bonds is 12. The number of ether oxygens (including phenoxy) is 1. The number of benzene rings is 5. The van der Waals surface area contributed by atoms with E-state index in [-0.39, 0.29) is 18.6 Å². The van der Waals surface area contributed by atoms with Gasteiger partial charge in [0.05, 0.1) is 39.6 Å². The molecule has 10 nitrogen and oxygen atoms in total. The van der Waals surface area contributed by atoms with Crippen molar-refractivity contribution < 1.29 is 24.8 Å². The van der Waals surface area contributed by atoms with E-state index >= 15 is 0 Å². The summed E-state index contributed by atoms with van der Waals surface area (Å²) in [6.07, 6.45) is 1.86. The summed E-state index contributed by atoms with van der Waals surface area (Å²) in [5.41, 5.74) is 11.2. The van der Waals surface area contributed by atoms with Crippen LogP contribution in [0.4, 0.5) is 0 Å². The van der Waals surface area contributed by atoms with E-state index in [1.807, 2.05) is 36.4 Å². The second-order valence-electron chi connectivity index (χ2n) is 12.7. The molecule has 0 aliphatic carbocycles. The van der Waals surface area contributed by atoms with Crippen molar-refractivity contribution in [1.29, 1.82) is 0 Å². The van der Waals surface area contributed by atoms with Gasteiger partial charge in [-0.2, -0.15) is 0 Å². The molecule has 0 spiro atoms. The van der Waals surface area contributed by atoms with Crippen molar-refractivity contribution in [2.75, 3.05) is 0 Å². The fourth-order valence-corrected chi connectivity index (χ4v) is 6.54. The van der Waals surface area contributed by atoms with E-state index in [9.17, 15) is 4.79 Å². The lowest BCUT2D eigenvalue weighted by Gasteiger charge is -2.13. The SMILES string of the molecule is CCCc1nc2c(C)cc(-c3nc4ccccc4n3C)cc2n1Cc1ccc(-c2ccccc2C(=O)OCc2ccc(CON(O)O)cc2)cc1. The van der Waals surface area contributed by atoms with E-state index in [4.69, 9.17) is 25.1 Å². The van der Waals surface area contributed by atoms with Crippen LogP contribution in [0.2, 0.25) is 0 Å². The number of esters is 1. The van der Waals surface area contributed by atoms with Crippen LogP contribution >= 0.6 is 0 Å². The Labute approximate surface area is 295 Å². The highest BCUT2D eigenvalue weighted by atomic mass is 17.1. The molecule has 51 heavy (non-hydrogen) atoms. The lowest BCUT2D eigenvalue weighted by atomic mass is 9.98. The fourth-order valence-electron chi connectivity index (χ4n) is 6.54. The number of imidazole rings is 2. The third-order valence-corrected chi connectivity index (χ3v) is 9.13. The Kier molecular flexibility index (Phi) is 9.74. The highest BCUT2D eigenvalue weighted by Crippen LogP contribution is 2.31. The predicted octanol–water partition coefficient (Wildman–Crippen LogP) is 8.44. The van der Waals surface area contributed by atoms with E-state index in [0.717, 1.165) is 85.5 Å². The summed E-state index contributed by atoms with van der Waals surface area (Å²) in [6.45, 7) is 5.04. The zero-order valence-corrected chi connectivity index (χ0v) is 28.8. The van der Waals surface area contributed by atoms with Gasteiger partial charge in [0.2, 0.25) is 0 Å². The molecule has 7 rings (SSSR count). The molecule has 2 aromatic heterocycles. The summed E-state index contributed by atoms with van der Waals surface area (Å²) in [6, 6.07) is 35.5. The van der Waals surface area contributed by atoms with E-state index in [1.54, 1.807) is 30.3 Å². The van der Waals surface area contributed by atoms with Crippen LogP contribution in [0.15, 0.2) is 109 Å². The fraction of sp³-hybridized carbons (Fsp3) is 0.195. The van der Waals surface area contributed by atoms with Crippen LogP contribution in [0.1, 0.15) is 51.8 Å². The van der Waals surface area contributed by atoms with Gasteiger partial charge in [-0.3, -0.25) is 10.4 Å². The monoisotopic (exact) mass is 681 g/mol. The molecule has 10 heteroatoms. The number of aromatic nitrogens is 4. The van der Waals surface area contributed by atoms with Gasteiger partial charge in [0.25, 0.3) is 0 Å². The van der Waals surface area contributed by atoms with Crippen molar-refractivity contribution in [3.05, 3.63) is 143 Å². The summed E-state index contributed by atoms with van der Waals surface area (Å²) in [5.74, 6) is 1.56. The quantitative estimate of drug-likeness (QED) is 0.0976. The zero-order valence-electron chi connectivity index (χ0n) is 28.8. The van der Waals surface area contributed by atoms with Gasteiger partial charge in [-0.1, -0.05) is 85.8 Å². The normalized spacial score (nSPS) is 11.6. The minimum atomic E-state index is -0.417. The summed E-state index contributed by atoms with van der Waals surface area (Å²) >= 11 is 0. The number of carbonyl (C=O) groups is 1. The van der Waals surface area contributed by atoms with Gasteiger partial charge in [-0.05, 0) is 77.1 Å². The molecule has 7 aromatic rings. The second-order valence-corrected chi connectivity index (χ2v) is 12.7. The van der Waals surface area contributed by atoms with E-state index in [0.29, 0.717) is 12.1 Å². The average molecular weight is 682 g/mol. The number of aryl methyl sites for hydroxylation is 3.